The molecule has 0 radical (unpaired) electrons. The Bertz CT molecular complexity index is 1190. The molecule has 0 bridgehead atoms. The number of carbonyl (C=O) groups excluding carboxylic acids is 1. The topological polar surface area (TPSA) is 84.7 Å². The first-order valence-corrected chi connectivity index (χ1v) is 10.9. The minimum absolute atomic E-state index is 0.123. The molecule has 0 spiro atoms. The number of nitrogens with one attached hydrogen (secondary N) is 2. The predicted molar refractivity (Wildman–Crippen MR) is 118 cm³/mol. The Morgan fingerprint density at radius 1 is 1.30 bits per heavy atom. The van der Waals surface area contributed by atoms with Crippen molar-refractivity contribution in [1.82, 2.24) is 30.4 Å². The van der Waals surface area contributed by atoms with Crippen molar-refractivity contribution in [2.45, 2.75) is 18.9 Å². The molecule has 1 unspecified atom stereocenters. The van der Waals surface area contributed by atoms with E-state index in [2.05, 4.69) is 31.8 Å². The van der Waals surface area contributed by atoms with Gasteiger partial charge in [0.15, 0.2) is 0 Å². The van der Waals surface area contributed by atoms with Crippen LogP contribution in [0.4, 0.5) is 0 Å². The van der Waals surface area contributed by atoms with E-state index in [4.69, 9.17) is 0 Å². The maximum absolute atomic E-state index is 12.6. The molecule has 8 heteroatoms. The number of carbonyl (C=O) groups is 1. The number of thiophene rings is 1. The molecule has 1 saturated heterocycles. The van der Waals surface area contributed by atoms with Gasteiger partial charge in [-0.2, -0.15) is 5.10 Å². The van der Waals surface area contributed by atoms with Crippen molar-refractivity contribution >= 4 is 27.5 Å². The van der Waals surface area contributed by atoms with Crippen LogP contribution in [-0.4, -0.2) is 44.8 Å². The van der Waals surface area contributed by atoms with Gasteiger partial charge in [-0.25, -0.2) is 4.98 Å². The molecule has 1 fully saturated rings. The van der Waals surface area contributed by atoms with Gasteiger partial charge in [0.1, 0.15) is 11.4 Å². The lowest BCUT2D eigenvalue weighted by atomic mass is 10.0. The molecule has 1 aliphatic rings. The number of hydrogen-bond donors (Lipinski definition) is 2. The van der Waals surface area contributed by atoms with Crippen molar-refractivity contribution in [3.63, 3.8) is 0 Å². The lowest BCUT2D eigenvalue weighted by Gasteiger charge is -2.27. The highest BCUT2D eigenvalue weighted by Gasteiger charge is 2.19. The number of pyridine rings is 2. The third-order valence-corrected chi connectivity index (χ3v) is 6.33. The van der Waals surface area contributed by atoms with E-state index in [-0.39, 0.29) is 5.91 Å². The molecule has 4 aromatic rings. The molecular formula is C22H22N6OS. The van der Waals surface area contributed by atoms with Crippen LogP contribution in [0.2, 0.25) is 0 Å². The van der Waals surface area contributed by atoms with Gasteiger partial charge in [0.05, 0.1) is 15.9 Å². The SMILES string of the molecule is Cn1ccc(-c2ccc(Cc3cc(C(=O)NCC4CCN4)nc4ccsc34)cn2)n1. The summed E-state index contributed by atoms with van der Waals surface area (Å²) in [5.74, 6) is -0.123. The van der Waals surface area contributed by atoms with E-state index in [1.165, 1.54) is 0 Å². The number of amides is 1. The summed E-state index contributed by atoms with van der Waals surface area (Å²) in [6.07, 6.45) is 5.58. The van der Waals surface area contributed by atoms with E-state index in [9.17, 15) is 4.79 Å². The van der Waals surface area contributed by atoms with Crippen LogP contribution in [0.3, 0.4) is 0 Å². The third-order valence-electron chi connectivity index (χ3n) is 5.35. The van der Waals surface area contributed by atoms with Crippen LogP contribution < -0.4 is 10.6 Å². The number of aryl methyl sites for hydroxylation is 1. The molecular weight excluding hydrogens is 396 g/mol. The molecule has 0 saturated carbocycles. The maximum Gasteiger partial charge on any atom is 0.269 e. The molecule has 4 aromatic heterocycles. The Labute approximate surface area is 178 Å². The van der Waals surface area contributed by atoms with Crippen LogP contribution >= 0.6 is 11.3 Å². The van der Waals surface area contributed by atoms with E-state index < -0.39 is 0 Å². The number of fused-ring (bicyclic) bond motifs is 1. The average molecular weight is 419 g/mol. The second-order valence-corrected chi connectivity index (χ2v) is 8.47. The smallest absolute Gasteiger partial charge is 0.269 e. The summed E-state index contributed by atoms with van der Waals surface area (Å²) in [5.41, 5.74) is 5.21. The summed E-state index contributed by atoms with van der Waals surface area (Å²) in [7, 11) is 1.89. The van der Waals surface area contributed by atoms with Crippen LogP contribution in [0, 0.1) is 0 Å². The van der Waals surface area contributed by atoms with Crippen LogP contribution in [0.5, 0.6) is 0 Å². The highest BCUT2D eigenvalue weighted by molar-refractivity contribution is 7.17. The Morgan fingerprint density at radius 2 is 2.20 bits per heavy atom. The molecule has 1 amide bonds. The van der Waals surface area contributed by atoms with Gasteiger partial charge < -0.3 is 10.6 Å². The normalized spacial score (nSPS) is 15.8. The fourth-order valence-electron chi connectivity index (χ4n) is 3.55. The van der Waals surface area contributed by atoms with Crippen molar-refractivity contribution < 1.29 is 4.79 Å². The van der Waals surface area contributed by atoms with Gasteiger partial charge in [-0.3, -0.25) is 14.5 Å². The number of hydrogen-bond acceptors (Lipinski definition) is 6. The average Bonchev–Trinajstić information content (AvgIpc) is 3.36. The second-order valence-electron chi connectivity index (χ2n) is 7.55. The van der Waals surface area contributed by atoms with Crippen molar-refractivity contribution in [1.29, 1.82) is 0 Å². The van der Waals surface area contributed by atoms with Gasteiger partial charge in [0, 0.05) is 38.4 Å². The monoisotopic (exact) mass is 418 g/mol. The molecule has 0 aliphatic carbocycles. The van der Waals surface area contributed by atoms with Gasteiger partial charge in [-0.15, -0.1) is 11.3 Å². The van der Waals surface area contributed by atoms with E-state index in [1.54, 1.807) is 16.0 Å². The summed E-state index contributed by atoms with van der Waals surface area (Å²) in [6.45, 7) is 1.66. The molecule has 1 atom stereocenters. The molecule has 5 rings (SSSR count). The Kier molecular flexibility index (Phi) is 5.02. The number of nitrogens with zero attached hydrogens (tertiary/aromatic N) is 4. The molecule has 2 N–H and O–H groups in total. The highest BCUT2D eigenvalue weighted by Crippen LogP contribution is 2.27. The van der Waals surface area contributed by atoms with Gasteiger partial charge in [-0.1, -0.05) is 6.07 Å². The van der Waals surface area contributed by atoms with E-state index in [0.717, 1.165) is 45.7 Å². The first-order valence-electron chi connectivity index (χ1n) is 9.99. The lowest BCUT2D eigenvalue weighted by molar-refractivity contribution is 0.0940. The minimum Gasteiger partial charge on any atom is -0.349 e. The number of aromatic nitrogens is 4. The van der Waals surface area contributed by atoms with Crippen LogP contribution in [0.1, 0.15) is 28.0 Å². The standard InChI is InChI=1S/C22H22N6OS/c1-28-8-5-18(27-28)17-3-2-14(12-24-17)10-15-11-20(26-19-6-9-30-21(15)19)22(29)25-13-16-4-7-23-16/h2-3,5-6,8-9,11-12,16,23H,4,7,10,13H2,1H3,(H,25,29). The van der Waals surface area contributed by atoms with Gasteiger partial charge in [-0.05, 0) is 53.7 Å². The van der Waals surface area contributed by atoms with Crippen LogP contribution in [0.25, 0.3) is 21.6 Å². The van der Waals surface area contributed by atoms with Crippen molar-refractivity contribution in [3.05, 3.63) is 64.9 Å². The molecule has 5 heterocycles. The van der Waals surface area contributed by atoms with Gasteiger partial charge >= 0.3 is 0 Å². The van der Waals surface area contributed by atoms with Gasteiger partial charge in [0.2, 0.25) is 0 Å². The fourth-order valence-corrected chi connectivity index (χ4v) is 4.40. The summed E-state index contributed by atoms with van der Waals surface area (Å²) in [5, 5.41) is 12.7. The number of rotatable bonds is 6. The fraction of sp³-hybridized carbons (Fsp3) is 0.273. The zero-order valence-corrected chi connectivity index (χ0v) is 17.4. The lowest BCUT2D eigenvalue weighted by Crippen LogP contribution is -2.50. The zero-order chi connectivity index (χ0) is 20.5. The molecule has 152 valence electrons. The van der Waals surface area contributed by atoms with Crippen molar-refractivity contribution in [2.75, 3.05) is 13.1 Å². The first kappa shape index (κ1) is 18.9. The predicted octanol–water partition coefficient (Wildman–Crippen LogP) is 2.77. The van der Waals surface area contributed by atoms with E-state index in [0.29, 0.717) is 24.7 Å². The largest absolute Gasteiger partial charge is 0.349 e. The summed E-state index contributed by atoms with van der Waals surface area (Å²) in [6, 6.07) is 10.3. The van der Waals surface area contributed by atoms with Gasteiger partial charge in [0.25, 0.3) is 5.91 Å². The molecule has 1 aliphatic heterocycles. The van der Waals surface area contributed by atoms with Crippen LogP contribution in [0.15, 0.2) is 48.1 Å². The van der Waals surface area contributed by atoms with Crippen molar-refractivity contribution in [3.8, 4) is 11.4 Å². The quantitative estimate of drug-likeness (QED) is 0.503. The Balaban J connectivity index is 1.37. The van der Waals surface area contributed by atoms with Crippen LogP contribution in [-0.2, 0) is 13.5 Å². The first-order chi connectivity index (χ1) is 14.7. The third kappa shape index (κ3) is 3.83. The van der Waals surface area contributed by atoms with E-state index >= 15 is 0 Å². The highest BCUT2D eigenvalue weighted by atomic mass is 32.1. The summed E-state index contributed by atoms with van der Waals surface area (Å²) >= 11 is 1.65. The Hall–Kier alpha value is -3.10. The molecule has 0 aromatic carbocycles. The zero-order valence-electron chi connectivity index (χ0n) is 16.6. The Morgan fingerprint density at radius 3 is 2.90 bits per heavy atom. The second kappa shape index (κ2) is 7.97. The summed E-state index contributed by atoms with van der Waals surface area (Å²) < 4.78 is 2.88. The summed E-state index contributed by atoms with van der Waals surface area (Å²) in [4.78, 5) is 21.8. The molecule has 7 nitrogen and oxygen atoms in total. The van der Waals surface area contributed by atoms with E-state index in [1.807, 2.05) is 49.1 Å². The molecule has 30 heavy (non-hydrogen) atoms. The maximum atomic E-state index is 12.6. The van der Waals surface area contributed by atoms with Crippen molar-refractivity contribution in [2.24, 2.45) is 7.05 Å². The minimum atomic E-state index is -0.123.